The average molecular weight is 195 g/mol. The monoisotopic (exact) mass is 195 g/mol. The predicted molar refractivity (Wildman–Crippen MR) is 53.5 cm³/mol. The zero-order chi connectivity index (χ0) is 10.3. The number of rotatable bonds is 3. The second-order valence-electron chi connectivity index (χ2n) is 4.39. The highest BCUT2D eigenvalue weighted by molar-refractivity contribution is 5.13. The molecule has 0 spiro atoms. The summed E-state index contributed by atoms with van der Waals surface area (Å²) in [6, 6.07) is 1.48. The Bertz CT molecular complexity index is 328. The van der Waals surface area contributed by atoms with Crippen LogP contribution in [0.4, 0.5) is 0 Å². The van der Waals surface area contributed by atoms with Gasteiger partial charge in [0.25, 0.3) is 0 Å². The fourth-order valence-electron chi connectivity index (χ4n) is 1.82. The molecular formula is C10H17N3O. The van der Waals surface area contributed by atoms with Gasteiger partial charge in [-0.2, -0.15) is 5.10 Å². The molecule has 1 heterocycles. The van der Waals surface area contributed by atoms with Crippen molar-refractivity contribution in [1.29, 1.82) is 0 Å². The Labute approximate surface area is 83.7 Å². The molecule has 1 aliphatic carbocycles. The van der Waals surface area contributed by atoms with Crippen LogP contribution in [0.2, 0.25) is 0 Å². The van der Waals surface area contributed by atoms with Gasteiger partial charge in [-0.05, 0) is 31.7 Å². The van der Waals surface area contributed by atoms with Crippen LogP contribution in [-0.2, 0) is 7.05 Å². The number of hydrogen-bond donors (Lipinski definition) is 2. The molecule has 0 radical (unpaired) electrons. The summed E-state index contributed by atoms with van der Waals surface area (Å²) >= 11 is 0. The van der Waals surface area contributed by atoms with Gasteiger partial charge in [-0.25, -0.2) is 0 Å². The smallest absolute Gasteiger partial charge is 0.0855 e. The second-order valence-corrected chi connectivity index (χ2v) is 4.39. The first-order valence-corrected chi connectivity index (χ1v) is 4.99. The van der Waals surface area contributed by atoms with Crippen molar-refractivity contribution >= 4 is 0 Å². The van der Waals surface area contributed by atoms with Crippen molar-refractivity contribution in [2.75, 3.05) is 0 Å². The van der Waals surface area contributed by atoms with Gasteiger partial charge in [-0.1, -0.05) is 0 Å². The first-order chi connectivity index (χ1) is 6.51. The molecule has 4 heteroatoms. The summed E-state index contributed by atoms with van der Waals surface area (Å²) in [5, 5.41) is 14.4. The Hall–Kier alpha value is -0.870. The third-order valence-electron chi connectivity index (χ3n) is 3.09. The summed E-state index contributed by atoms with van der Waals surface area (Å²) in [6.45, 7) is 1.81. The molecule has 0 bridgehead atoms. The van der Waals surface area contributed by atoms with Crippen LogP contribution in [0.25, 0.3) is 0 Å². The van der Waals surface area contributed by atoms with Crippen LogP contribution in [0.1, 0.15) is 31.5 Å². The molecule has 2 unspecified atom stereocenters. The fraction of sp³-hybridized carbons (Fsp3) is 0.700. The molecular weight excluding hydrogens is 178 g/mol. The van der Waals surface area contributed by atoms with E-state index in [4.69, 9.17) is 5.73 Å². The molecule has 0 amide bonds. The first kappa shape index (κ1) is 9.68. The zero-order valence-corrected chi connectivity index (χ0v) is 8.64. The van der Waals surface area contributed by atoms with Crippen LogP contribution in [-0.4, -0.2) is 20.5 Å². The maximum absolute atomic E-state index is 10.2. The van der Waals surface area contributed by atoms with E-state index in [0.29, 0.717) is 5.92 Å². The van der Waals surface area contributed by atoms with Gasteiger partial charge in [-0.15, -0.1) is 0 Å². The van der Waals surface area contributed by atoms with E-state index in [9.17, 15) is 5.11 Å². The first-order valence-electron chi connectivity index (χ1n) is 4.99. The maximum Gasteiger partial charge on any atom is 0.0855 e. The molecule has 0 saturated heterocycles. The Morgan fingerprint density at radius 1 is 1.71 bits per heavy atom. The molecule has 1 aromatic heterocycles. The van der Waals surface area contributed by atoms with E-state index in [1.165, 1.54) is 0 Å². The quantitative estimate of drug-likeness (QED) is 0.741. The summed E-state index contributed by atoms with van der Waals surface area (Å²) in [4.78, 5) is 0. The van der Waals surface area contributed by atoms with Crippen molar-refractivity contribution in [3.63, 3.8) is 0 Å². The van der Waals surface area contributed by atoms with Gasteiger partial charge < -0.3 is 10.8 Å². The molecule has 2 rings (SSSR count). The fourth-order valence-corrected chi connectivity index (χ4v) is 1.82. The number of aromatic nitrogens is 2. The summed E-state index contributed by atoms with van der Waals surface area (Å²) in [5.41, 5.74) is 5.96. The maximum atomic E-state index is 10.2. The lowest BCUT2D eigenvalue weighted by Crippen LogP contribution is -2.40. The lowest BCUT2D eigenvalue weighted by molar-refractivity contribution is 0.00856. The van der Waals surface area contributed by atoms with Crippen molar-refractivity contribution < 1.29 is 5.11 Å². The predicted octanol–water partition coefficient (Wildman–Crippen LogP) is 0.581. The Morgan fingerprint density at radius 2 is 2.36 bits per heavy atom. The van der Waals surface area contributed by atoms with E-state index in [-0.39, 0.29) is 6.04 Å². The molecule has 0 aliphatic heterocycles. The Balaban J connectivity index is 2.18. The minimum Gasteiger partial charge on any atom is -0.388 e. The van der Waals surface area contributed by atoms with E-state index in [1.54, 1.807) is 4.68 Å². The highest BCUT2D eigenvalue weighted by Crippen LogP contribution is 2.44. The van der Waals surface area contributed by atoms with Crippen LogP contribution in [0.15, 0.2) is 12.3 Å². The molecule has 1 aliphatic rings. The van der Waals surface area contributed by atoms with Crippen LogP contribution < -0.4 is 5.73 Å². The Morgan fingerprint density at radius 3 is 2.79 bits per heavy atom. The molecule has 14 heavy (non-hydrogen) atoms. The molecule has 0 aromatic carbocycles. The van der Waals surface area contributed by atoms with E-state index in [1.807, 2.05) is 26.2 Å². The van der Waals surface area contributed by atoms with Gasteiger partial charge in [0.2, 0.25) is 0 Å². The van der Waals surface area contributed by atoms with Gasteiger partial charge in [0.05, 0.1) is 17.3 Å². The van der Waals surface area contributed by atoms with Gasteiger partial charge in [0, 0.05) is 13.2 Å². The molecule has 3 N–H and O–H groups in total. The SMILES string of the molecule is Cn1ccc(C(N)C(C)(O)C2CC2)n1. The highest BCUT2D eigenvalue weighted by Gasteiger charge is 2.45. The van der Waals surface area contributed by atoms with Crippen LogP contribution >= 0.6 is 0 Å². The van der Waals surface area contributed by atoms with Gasteiger partial charge >= 0.3 is 0 Å². The number of nitrogens with zero attached hydrogens (tertiary/aromatic N) is 2. The minimum absolute atomic E-state index is 0.347. The van der Waals surface area contributed by atoms with Crippen LogP contribution in [0.3, 0.4) is 0 Å². The van der Waals surface area contributed by atoms with Crippen molar-refractivity contribution in [2.24, 2.45) is 18.7 Å². The van der Waals surface area contributed by atoms with Gasteiger partial charge in [-0.3, -0.25) is 4.68 Å². The van der Waals surface area contributed by atoms with Crippen molar-refractivity contribution in [1.82, 2.24) is 9.78 Å². The largest absolute Gasteiger partial charge is 0.388 e. The lowest BCUT2D eigenvalue weighted by atomic mass is 9.89. The summed E-state index contributed by atoms with van der Waals surface area (Å²) < 4.78 is 1.71. The van der Waals surface area contributed by atoms with E-state index in [0.717, 1.165) is 18.5 Å². The summed E-state index contributed by atoms with van der Waals surface area (Å²) in [5.74, 6) is 0.347. The van der Waals surface area contributed by atoms with E-state index < -0.39 is 5.60 Å². The van der Waals surface area contributed by atoms with Crippen molar-refractivity contribution in [2.45, 2.75) is 31.4 Å². The number of aryl methyl sites for hydroxylation is 1. The average Bonchev–Trinajstić information content (AvgIpc) is 2.89. The standard InChI is InChI=1S/C10H17N3O/c1-10(14,7-3-4-7)9(11)8-5-6-13(2)12-8/h5-7,9,14H,3-4,11H2,1-2H3. The molecule has 2 atom stereocenters. The van der Waals surface area contributed by atoms with E-state index >= 15 is 0 Å². The third-order valence-corrected chi connectivity index (χ3v) is 3.09. The minimum atomic E-state index is -0.811. The number of aliphatic hydroxyl groups is 1. The molecule has 1 saturated carbocycles. The second kappa shape index (κ2) is 3.07. The van der Waals surface area contributed by atoms with Crippen LogP contribution in [0.5, 0.6) is 0 Å². The third kappa shape index (κ3) is 1.55. The lowest BCUT2D eigenvalue weighted by Gasteiger charge is -2.28. The Kier molecular flexibility index (Phi) is 2.12. The molecule has 78 valence electrons. The van der Waals surface area contributed by atoms with Gasteiger partial charge in [0.1, 0.15) is 0 Å². The van der Waals surface area contributed by atoms with Crippen LogP contribution in [0, 0.1) is 5.92 Å². The highest BCUT2D eigenvalue weighted by atomic mass is 16.3. The molecule has 1 aromatic rings. The number of nitrogens with two attached hydrogens (primary N) is 1. The van der Waals surface area contributed by atoms with Crippen molar-refractivity contribution in [3.8, 4) is 0 Å². The van der Waals surface area contributed by atoms with Crippen molar-refractivity contribution in [3.05, 3.63) is 18.0 Å². The summed E-state index contributed by atoms with van der Waals surface area (Å²) in [7, 11) is 1.85. The molecule has 1 fully saturated rings. The normalized spacial score (nSPS) is 23.1. The summed E-state index contributed by atoms with van der Waals surface area (Å²) in [6.07, 6.45) is 4.00. The molecule has 4 nitrogen and oxygen atoms in total. The van der Waals surface area contributed by atoms with E-state index in [2.05, 4.69) is 5.10 Å². The van der Waals surface area contributed by atoms with Gasteiger partial charge in [0.15, 0.2) is 0 Å². The number of hydrogen-bond acceptors (Lipinski definition) is 3. The topological polar surface area (TPSA) is 64.1 Å². The zero-order valence-electron chi connectivity index (χ0n) is 8.64.